The maximum Gasteiger partial charge on any atom is 0.251 e. The second-order valence-corrected chi connectivity index (χ2v) is 6.10. The van der Waals surface area contributed by atoms with Gasteiger partial charge in [-0.25, -0.2) is 0 Å². The molecular formula is C14H17BrClNO. The van der Waals surface area contributed by atoms with Gasteiger partial charge in [-0.2, -0.15) is 0 Å². The lowest BCUT2D eigenvalue weighted by Gasteiger charge is -2.21. The van der Waals surface area contributed by atoms with Crippen LogP contribution in [0.3, 0.4) is 0 Å². The number of carbonyl (C=O) groups excluding carboxylic acids is 1. The van der Waals surface area contributed by atoms with Gasteiger partial charge in [0.05, 0.1) is 5.02 Å². The Balaban J connectivity index is 1.88. The van der Waals surface area contributed by atoms with Crippen LogP contribution in [0.1, 0.15) is 42.5 Å². The van der Waals surface area contributed by atoms with Crippen molar-refractivity contribution in [1.82, 2.24) is 5.32 Å². The Morgan fingerprint density at radius 3 is 2.72 bits per heavy atom. The Morgan fingerprint density at radius 2 is 2.06 bits per heavy atom. The molecule has 1 amide bonds. The van der Waals surface area contributed by atoms with Crippen LogP contribution in [0.15, 0.2) is 22.7 Å². The van der Waals surface area contributed by atoms with Crippen LogP contribution in [0.4, 0.5) is 0 Å². The highest BCUT2D eigenvalue weighted by Gasteiger charge is 2.15. The number of benzene rings is 1. The lowest BCUT2D eigenvalue weighted by Crippen LogP contribution is -2.30. The van der Waals surface area contributed by atoms with Crippen LogP contribution in [0.5, 0.6) is 0 Å². The minimum Gasteiger partial charge on any atom is -0.352 e. The van der Waals surface area contributed by atoms with Gasteiger partial charge in [-0.3, -0.25) is 4.79 Å². The van der Waals surface area contributed by atoms with Crippen LogP contribution in [0.25, 0.3) is 0 Å². The first-order chi connectivity index (χ1) is 8.66. The summed E-state index contributed by atoms with van der Waals surface area (Å²) in [7, 11) is 0. The second kappa shape index (κ2) is 6.58. The van der Waals surface area contributed by atoms with E-state index < -0.39 is 0 Å². The molecule has 98 valence electrons. The number of hydrogen-bond donors (Lipinski definition) is 1. The standard InChI is InChI=1S/C14H17BrClNO/c15-12-8-11(6-7-13(12)16)14(18)17-9-10-4-2-1-3-5-10/h6-8,10H,1-5,9H2,(H,17,18). The average Bonchev–Trinajstić information content (AvgIpc) is 2.40. The first kappa shape index (κ1) is 13.9. The Morgan fingerprint density at radius 1 is 1.33 bits per heavy atom. The number of hydrogen-bond acceptors (Lipinski definition) is 1. The van der Waals surface area contributed by atoms with Gasteiger partial charge in [-0.15, -0.1) is 0 Å². The predicted octanol–water partition coefficient (Wildman–Crippen LogP) is 4.41. The molecule has 0 saturated heterocycles. The number of rotatable bonds is 3. The second-order valence-electron chi connectivity index (χ2n) is 4.84. The summed E-state index contributed by atoms with van der Waals surface area (Å²) in [6, 6.07) is 5.25. The summed E-state index contributed by atoms with van der Waals surface area (Å²) in [5.41, 5.74) is 0.655. The third kappa shape index (κ3) is 3.72. The molecule has 0 radical (unpaired) electrons. The van der Waals surface area contributed by atoms with Crippen LogP contribution in [0.2, 0.25) is 5.02 Å². The Kier molecular flexibility index (Phi) is 5.07. The van der Waals surface area contributed by atoms with Crippen molar-refractivity contribution in [2.75, 3.05) is 6.54 Å². The summed E-state index contributed by atoms with van der Waals surface area (Å²) in [5.74, 6) is 0.636. The fourth-order valence-corrected chi connectivity index (χ4v) is 2.86. The largest absolute Gasteiger partial charge is 0.352 e. The van der Waals surface area contributed by atoms with Crippen LogP contribution < -0.4 is 5.32 Å². The highest BCUT2D eigenvalue weighted by Crippen LogP contribution is 2.24. The summed E-state index contributed by atoms with van der Waals surface area (Å²) in [4.78, 5) is 12.0. The van der Waals surface area contributed by atoms with Gasteiger partial charge in [0.1, 0.15) is 0 Å². The van der Waals surface area contributed by atoms with Crippen LogP contribution in [0, 0.1) is 5.92 Å². The third-order valence-electron chi connectivity index (χ3n) is 3.46. The number of nitrogens with one attached hydrogen (secondary N) is 1. The Labute approximate surface area is 121 Å². The number of carbonyl (C=O) groups is 1. The van der Waals surface area contributed by atoms with Gasteiger partial charge in [-0.05, 0) is 52.9 Å². The average molecular weight is 331 g/mol. The van der Waals surface area contributed by atoms with E-state index in [4.69, 9.17) is 11.6 Å². The Bertz CT molecular complexity index is 430. The molecule has 1 aromatic rings. The molecule has 0 bridgehead atoms. The summed E-state index contributed by atoms with van der Waals surface area (Å²) < 4.78 is 0.759. The highest BCUT2D eigenvalue weighted by atomic mass is 79.9. The quantitative estimate of drug-likeness (QED) is 0.873. The van der Waals surface area contributed by atoms with E-state index >= 15 is 0 Å². The summed E-state index contributed by atoms with van der Waals surface area (Å²) in [6.07, 6.45) is 6.42. The van der Waals surface area contributed by atoms with Gasteiger partial charge in [-0.1, -0.05) is 30.9 Å². The highest BCUT2D eigenvalue weighted by molar-refractivity contribution is 9.10. The number of amides is 1. The first-order valence-corrected chi connectivity index (χ1v) is 7.57. The molecule has 1 fully saturated rings. The molecular weight excluding hydrogens is 314 g/mol. The van der Waals surface area contributed by atoms with E-state index in [2.05, 4.69) is 21.2 Å². The van der Waals surface area contributed by atoms with Gasteiger partial charge < -0.3 is 5.32 Å². The van der Waals surface area contributed by atoms with Gasteiger partial charge in [0.15, 0.2) is 0 Å². The van der Waals surface area contributed by atoms with Crippen molar-refractivity contribution >= 4 is 33.4 Å². The molecule has 1 aliphatic carbocycles. The van der Waals surface area contributed by atoms with Gasteiger partial charge in [0.25, 0.3) is 5.91 Å². The minimum absolute atomic E-state index is 0.0158. The molecule has 0 heterocycles. The van der Waals surface area contributed by atoms with Crippen molar-refractivity contribution in [2.45, 2.75) is 32.1 Å². The summed E-state index contributed by atoms with van der Waals surface area (Å²) in [6.45, 7) is 0.791. The fraction of sp³-hybridized carbons (Fsp3) is 0.500. The monoisotopic (exact) mass is 329 g/mol. The molecule has 18 heavy (non-hydrogen) atoms. The molecule has 0 spiro atoms. The van der Waals surface area contributed by atoms with Crippen molar-refractivity contribution in [2.24, 2.45) is 5.92 Å². The molecule has 0 aliphatic heterocycles. The van der Waals surface area contributed by atoms with E-state index in [0.29, 0.717) is 16.5 Å². The van der Waals surface area contributed by atoms with E-state index in [1.54, 1.807) is 18.2 Å². The van der Waals surface area contributed by atoms with Gasteiger partial charge in [0, 0.05) is 16.6 Å². The Hall–Kier alpha value is -0.540. The zero-order valence-corrected chi connectivity index (χ0v) is 12.6. The molecule has 0 aromatic heterocycles. The van der Waals surface area contributed by atoms with E-state index in [1.165, 1.54) is 32.1 Å². The van der Waals surface area contributed by atoms with E-state index in [9.17, 15) is 4.79 Å². The molecule has 1 aliphatic rings. The van der Waals surface area contributed by atoms with Crippen LogP contribution >= 0.6 is 27.5 Å². The van der Waals surface area contributed by atoms with Crippen molar-refractivity contribution < 1.29 is 4.79 Å². The molecule has 1 saturated carbocycles. The predicted molar refractivity (Wildman–Crippen MR) is 78.1 cm³/mol. The van der Waals surface area contributed by atoms with E-state index in [1.807, 2.05) is 0 Å². The fourth-order valence-electron chi connectivity index (χ4n) is 2.37. The van der Waals surface area contributed by atoms with Crippen molar-refractivity contribution in [1.29, 1.82) is 0 Å². The summed E-state index contributed by atoms with van der Waals surface area (Å²) >= 11 is 9.24. The maximum atomic E-state index is 12.0. The molecule has 0 unspecified atom stereocenters. The molecule has 0 atom stereocenters. The number of halogens is 2. The minimum atomic E-state index is -0.0158. The zero-order chi connectivity index (χ0) is 13.0. The lowest BCUT2D eigenvalue weighted by molar-refractivity contribution is 0.0943. The third-order valence-corrected chi connectivity index (χ3v) is 4.67. The summed E-state index contributed by atoms with van der Waals surface area (Å²) in [5, 5.41) is 3.64. The van der Waals surface area contributed by atoms with E-state index in [0.717, 1.165) is 11.0 Å². The molecule has 1 N–H and O–H groups in total. The van der Waals surface area contributed by atoms with E-state index in [-0.39, 0.29) is 5.91 Å². The van der Waals surface area contributed by atoms with Crippen molar-refractivity contribution in [3.8, 4) is 0 Å². The first-order valence-electron chi connectivity index (χ1n) is 6.40. The lowest BCUT2D eigenvalue weighted by atomic mass is 9.89. The smallest absolute Gasteiger partial charge is 0.251 e. The van der Waals surface area contributed by atoms with Crippen molar-refractivity contribution in [3.63, 3.8) is 0 Å². The van der Waals surface area contributed by atoms with Gasteiger partial charge >= 0.3 is 0 Å². The molecule has 2 nitrogen and oxygen atoms in total. The van der Waals surface area contributed by atoms with Crippen LogP contribution in [-0.2, 0) is 0 Å². The van der Waals surface area contributed by atoms with Gasteiger partial charge in [0.2, 0.25) is 0 Å². The normalized spacial score (nSPS) is 16.6. The van der Waals surface area contributed by atoms with Crippen molar-refractivity contribution in [3.05, 3.63) is 33.3 Å². The molecule has 4 heteroatoms. The SMILES string of the molecule is O=C(NCC1CCCCC1)c1ccc(Cl)c(Br)c1. The topological polar surface area (TPSA) is 29.1 Å². The molecule has 1 aromatic carbocycles. The van der Waals surface area contributed by atoms with Crippen LogP contribution in [-0.4, -0.2) is 12.5 Å². The maximum absolute atomic E-state index is 12.0. The molecule has 2 rings (SSSR count). The zero-order valence-electron chi connectivity index (χ0n) is 10.2.